The van der Waals surface area contributed by atoms with Crippen LogP contribution in [0.3, 0.4) is 0 Å². The van der Waals surface area contributed by atoms with Gasteiger partial charge >= 0.3 is 24.4 Å². The Balaban J connectivity index is 0.000000254. The van der Waals surface area contributed by atoms with E-state index in [1.807, 2.05) is 0 Å². The molecule has 12 nitrogen and oxygen atoms in total. The Bertz CT molecular complexity index is 2690. The number of hydrogen-bond acceptors (Lipinski definition) is 8. The van der Waals surface area contributed by atoms with Gasteiger partial charge in [-0.2, -0.15) is 26.3 Å². The third-order valence-electron chi connectivity index (χ3n) is 8.01. The maximum absolute atomic E-state index is 13.7. The lowest BCUT2D eigenvalue weighted by atomic mass is 10.2. The van der Waals surface area contributed by atoms with Crippen LogP contribution in [0.15, 0.2) is 85.2 Å². The zero-order chi connectivity index (χ0) is 50.4. The molecule has 2 heterocycles. The summed E-state index contributed by atoms with van der Waals surface area (Å²) in [5.74, 6) is -8.70. The molecule has 6 rings (SSSR count). The molecule has 0 fully saturated rings. The zero-order valence-electron chi connectivity index (χ0n) is 32.5. The lowest BCUT2D eigenvalue weighted by Crippen LogP contribution is -2.35. The van der Waals surface area contributed by atoms with E-state index in [0.717, 1.165) is 60.7 Å². The third kappa shape index (κ3) is 13.4. The molecule has 0 atom stereocenters. The molecule has 0 bridgehead atoms. The van der Waals surface area contributed by atoms with E-state index in [1.165, 1.54) is 0 Å². The second-order valence-electron chi connectivity index (χ2n) is 12.8. The highest BCUT2D eigenvalue weighted by Gasteiger charge is 2.33. The van der Waals surface area contributed by atoms with Gasteiger partial charge in [-0.3, -0.25) is 20.2 Å². The van der Waals surface area contributed by atoms with Crippen molar-refractivity contribution in [2.24, 2.45) is 0 Å². The lowest BCUT2D eigenvalue weighted by Gasteiger charge is -2.14. The average Bonchev–Trinajstić information content (AvgIpc) is 3.21. The van der Waals surface area contributed by atoms with Gasteiger partial charge in [0.2, 0.25) is 11.8 Å². The standard InChI is InChI=1S/2C20H9Cl3F5N3O3/c2*21-10-5-9(30-19(33)31-17(32)15-13(24)2-1-3-14(15)25)6-11(22)16(10)34-18-12(23)4-8(7-29-18)20(26,27)28/h2*1-7H,(H2,30,31,32,33). The molecule has 356 valence electrons. The largest absolute Gasteiger partial charge is 0.434 e. The molecule has 4 aromatic carbocycles. The van der Waals surface area contributed by atoms with E-state index < -0.39 is 104 Å². The monoisotopic (exact) mass is 1080 g/mol. The van der Waals surface area contributed by atoms with Crippen LogP contribution in [0.25, 0.3) is 0 Å². The number of aromatic nitrogens is 2. The SMILES string of the molecule is O=C(NC(=O)c1c(F)cccc1F)Nc1cc(Cl)c(Oc2ncc(C(F)(F)F)cc2Cl)c(Cl)c1.O=C(NC(=O)c1c(F)cccc1F)Nc1cc(Cl)c(Oc2ncc(C(F)(F)F)cc2Cl)c(Cl)c1. The molecule has 0 aliphatic heterocycles. The Morgan fingerprint density at radius 3 is 1.03 bits per heavy atom. The molecule has 0 saturated carbocycles. The van der Waals surface area contributed by atoms with Crippen molar-refractivity contribution in [2.45, 2.75) is 12.4 Å². The van der Waals surface area contributed by atoms with Crippen molar-refractivity contribution < 1.29 is 72.6 Å². The molecule has 0 aliphatic carbocycles. The first-order valence-electron chi connectivity index (χ1n) is 17.6. The number of rotatable bonds is 8. The lowest BCUT2D eigenvalue weighted by molar-refractivity contribution is -0.138. The number of nitrogens with zero attached hydrogens (tertiary/aromatic N) is 2. The van der Waals surface area contributed by atoms with Gasteiger partial charge in [0.1, 0.15) is 44.4 Å². The molecule has 2 aromatic heterocycles. The van der Waals surface area contributed by atoms with Crippen LogP contribution in [0.1, 0.15) is 31.8 Å². The minimum atomic E-state index is -4.67. The highest BCUT2D eigenvalue weighted by Crippen LogP contribution is 2.43. The number of halogens is 16. The van der Waals surface area contributed by atoms with Gasteiger partial charge in [0.25, 0.3) is 11.8 Å². The summed E-state index contributed by atoms with van der Waals surface area (Å²) in [5, 5.41) is 6.04. The Morgan fingerprint density at radius 1 is 0.471 bits per heavy atom. The molecule has 0 aliphatic rings. The van der Waals surface area contributed by atoms with Crippen LogP contribution in [-0.2, 0) is 12.4 Å². The minimum Gasteiger partial charge on any atom is -0.434 e. The quantitative estimate of drug-likeness (QED) is 0.110. The fourth-order valence-electron chi connectivity index (χ4n) is 5.05. The molecule has 6 amide bonds. The van der Waals surface area contributed by atoms with Crippen LogP contribution >= 0.6 is 69.6 Å². The van der Waals surface area contributed by atoms with Crippen molar-refractivity contribution >= 4 is 105 Å². The van der Waals surface area contributed by atoms with Crippen LogP contribution in [0.2, 0.25) is 30.1 Å². The van der Waals surface area contributed by atoms with Gasteiger partial charge in [0, 0.05) is 23.8 Å². The van der Waals surface area contributed by atoms with Gasteiger partial charge in [-0.05, 0) is 60.7 Å². The Kier molecular flexibility index (Phi) is 16.9. The highest BCUT2D eigenvalue weighted by atomic mass is 35.5. The molecular formula is C40H18Cl6F10N6O6. The number of anilines is 2. The molecule has 0 radical (unpaired) electrons. The third-order valence-corrected chi connectivity index (χ3v) is 9.68. The number of ether oxygens (including phenoxy) is 2. The molecule has 68 heavy (non-hydrogen) atoms. The number of hydrogen-bond donors (Lipinski definition) is 4. The summed E-state index contributed by atoms with van der Waals surface area (Å²) in [6, 6.07) is 8.79. The van der Waals surface area contributed by atoms with E-state index in [0.29, 0.717) is 24.5 Å². The van der Waals surface area contributed by atoms with E-state index in [4.69, 9.17) is 79.1 Å². The van der Waals surface area contributed by atoms with Gasteiger partial charge in [0.15, 0.2) is 11.5 Å². The molecule has 0 unspecified atom stereocenters. The summed E-state index contributed by atoms with van der Waals surface area (Å²) in [6.07, 6.45) is -8.34. The van der Waals surface area contributed by atoms with E-state index in [9.17, 15) is 63.1 Å². The summed E-state index contributed by atoms with van der Waals surface area (Å²) in [4.78, 5) is 55.1. The zero-order valence-corrected chi connectivity index (χ0v) is 37.0. The summed E-state index contributed by atoms with van der Waals surface area (Å²) >= 11 is 35.9. The van der Waals surface area contributed by atoms with Crippen LogP contribution in [0, 0.1) is 23.3 Å². The maximum Gasteiger partial charge on any atom is 0.417 e. The summed E-state index contributed by atoms with van der Waals surface area (Å²) in [7, 11) is 0. The maximum atomic E-state index is 13.7. The van der Waals surface area contributed by atoms with Crippen molar-refractivity contribution in [1.29, 1.82) is 0 Å². The van der Waals surface area contributed by atoms with Gasteiger partial charge in [-0.15, -0.1) is 0 Å². The number of benzene rings is 4. The van der Waals surface area contributed by atoms with E-state index in [1.54, 1.807) is 10.6 Å². The van der Waals surface area contributed by atoms with E-state index in [-0.39, 0.29) is 43.0 Å². The number of pyridine rings is 2. The second-order valence-corrected chi connectivity index (χ2v) is 15.2. The fraction of sp³-hybridized carbons (Fsp3) is 0.0500. The molecule has 28 heteroatoms. The van der Waals surface area contributed by atoms with Crippen LogP contribution in [0.4, 0.5) is 64.9 Å². The average molecular weight is 1080 g/mol. The normalized spacial score (nSPS) is 11.2. The minimum absolute atomic E-state index is 0.0619. The van der Waals surface area contributed by atoms with Crippen LogP contribution < -0.4 is 30.7 Å². The topological polar surface area (TPSA) is 161 Å². The van der Waals surface area contributed by atoms with Crippen molar-refractivity contribution in [2.75, 3.05) is 10.6 Å². The predicted octanol–water partition coefficient (Wildman–Crippen LogP) is 14.2. The fourth-order valence-corrected chi connectivity index (χ4v) is 6.59. The summed E-state index contributed by atoms with van der Waals surface area (Å²) in [5.41, 5.74) is -4.24. The van der Waals surface area contributed by atoms with Crippen molar-refractivity contribution in [3.05, 3.63) is 161 Å². The first-order chi connectivity index (χ1) is 31.7. The smallest absolute Gasteiger partial charge is 0.417 e. The van der Waals surface area contributed by atoms with Gasteiger partial charge in [-0.1, -0.05) is 81.7 Å². The van der Waals surface area contributed by atoms with Gasteiger partial charge < -0.3 is 20.1 Å². The van der Waals surface area contributed by atoms with Gasteiger partial charge in [-0.25, -0.2) is 37.1 Å². The number of carbonyl (C=O) groups is 4. The number of urea groups is 2. The molecule has 4 N–H and O–H groups in total. The van der Waals surface area contributed by atoms with Crippen molar-refractivity contribution in [1.82, 2.24) is 20.6 Å². The molecule has 0 saturated heterocycles. The van der Waals surface area contributed by atoms with Crippen LogP contribution in [0.5, 0.6) is 23.3 Å². The number of imide groups is 2. The summed E-state index contributed by atoms with van der Waals surface area (Å²) < 4.78 is 142. The van der Waals surface area contributed by atoms with Crippen molar-refractivity contribution in [3.63, 3.8) is 0 Å². The molecule has 0 spiro atoms. The molecular weight excluding hydrogens is 1060 g/mol. The Morgan fingerprint density at radius 2 is 0.765 bits per heavy atom. The van der Waals surface area contributed by atoms with Crippen molar-refractivity contribution in [3.8, 4) is 23.3 Å². The van der Waals surface area contributed by atoms with Crippen LogP contribution in [-0.4, -0.2) is 33.8 Å². The van der Waals surface area contributed by atoms with Gasteiger partial charge in [0.05, 0.1) is 31.2 Å². The number of carbonyl (C=O) groups excluding carboxylic acids is 4. The Hall–Kier alpha value is -6.30. The first kappa shape index (κ1) is 52.7. The Labute approximate surface area is 403 Å². The molecule has 6 aromatic rings. The van der Waals surface area contributed by atoms with E-state index >= 15 is 0 Å². The van der Waals surface area contributed by atoms with E-state index in [2.05, 4.69) is 20.6 Å². The first-order valence-corrected chi connectivity index (χ1v) is 19.9. The summed E-state index contributed by atoms with van der Waals surface area (Å²) in [6.45, 7) is 0. The number of nitrogens with one attached hydrogen (secondary N) is 4. The number of alkyl halides is 6. The second kappa shape index (κ2) is 21.8. The predicted molar refractivity (Wildman–Crippen MR) is 227 cm³/mol. The highest BCUT2D eigenvalue weighted by molar-refractivity contribution is 6.38. The number of amides is 6.